The molecule has 0 amide bonds. The third-order valence-electron chi connectivity index (χ3n) is 14.4. The van der Waals surface area contributed by atoms with Crippen LogP contribution in [0.5, 0.6) is 0 Å². The molecule has 0 bridgehead atoms. The van der Waals surface area contributed by atoms with E-state index in [0.717, 1.165) is 51.4 Å². The lowest BCUT2D eigenvalue weighted by molar-refractivity contribution is -0.202. The normalized spacial score (nSPS) is 46.6. The summed E-state index contributed by atoms with van der Waals surface area (Å²) in [6, 6.07) is 0. The molecule has 5 rings (SSSR count). The molecule has 2 N–H and O–H groups in total. The van der Waals surface area contributed by atoms with Crippen molar-refractivity contribution in [3.05, 3.63) is 11.6 Å². The lowest BCUT2D eigenvalue weighted by atomic mass is 9.33. The molecule has 5 aliphatic carbocycles. The first-order valence-electron chi connectivity index (χ1n) is 16.8. The Balaban J connectivity index is 0.000000493. The van der Waals surface area contributed by atoms with Gasteiger partial charge in [-0.2, -0.15) is 0 Å². The largest absolute Gasteiger partial charge is 0.481 e. The third-order valence-corrected chi connectivity index (χ3v) is 14.4. The molecule has 4 fully saturated rings. The summed E-state index contributed by atoms with van der Waals surface area (Å²) in [5.74, 6) is 0.0603. The van der Waals surface area contributed by atoms with Crippen molar-refractivity contribution >= 4 is 11.8 Å². The minimum atomic E-state index is -0.711. The minimum Gasteiger partial charge on any atom is -0.481 e. The Morgan fingerprint density at radius 2 is 1.46 bits per heavy atom. The number of carbonyl (C=O) groups excluding carboxylic acids is 1. The predicted molar refractivity (Wildman–Crippen MR) is 167 cm³/mol. The maximum Gasteiger partial charge on any atom is 0.309 e. The molecule has 0 unspecified atom stereocenters. The smallest absolute Gasteiger partial charge is 0.309 e. The zero-order chi connectivity index (χ0) is 30.8. The van der Waals surface area contributed by atoms with E-state index in [0.29, 0.717) is 12.3 Å². The van der Waals surface area contributed by atoms with Crippen LogP contribution in [0.4, 0.5) is 0 Å². The van der Waals surface area contributed by atoms with E-state index in [1.807, 2.05) is 13.0 Å². The topological polar surface area (TPSA) is 77.8 Å². The third kappa shape index (κ3) is 4.78. The summed E-state index contributed by atoms with van der Waals surface area (Å²) >= 11 is 0. The Hall–Kier alpha value is -1.20. The number of hydrogen-bond acceptors (Lipinski definition) is 4. The molecule has 9 atom stereocenters. The van der Waals surface area contributed by atoms with Crippen LogP contribution in [-0.2, 0) is 9.59 Å². The van der Waals surface area contributed by atoms with Crippen LogP contribution in [0.25, 0.3) is 0 Å². The van der Waals surface area contributed by atoms with Crippen molar-refractivity contribution in [2.24, 2.45) is 50.2 Å². The molecule has 41 heavy (non-hydrogen) atoms. The SMILES string of the molecule is CC1(C)[C@@H](O)CC[C@]2(C)[C@H]3C(=O)C=C4[C@@H]5C[C@@](C)(C(=O)O)CC[C@]5(C)CC[C@@]4(C)[C@]3(C)CC[C@@H]12.CCN(CC)CC. The number of carboxylic acid groups (broad SMARTS) is 1. The van der Waals surface area contributed by atoms with Crippen molar-refractivity contribution in [3.63, 3.8) is 0 Å². The fourth-order valence-electron chi connectivity index (χ4n) is 11.0. The number of rotatable bonds is 4. The van der Waals surface area contributed by atoms with E-state index in [-0.39, 0.29) is 50.8 Å². The predicted octanol–water partition coefficient (Wildman–Crippen LogP) is 7.76. The van der Waals surface area contributed by atoms with Crippen molar-refractivity contribution in [2.45, 2.75) is 133 Å². The maximum absolute atomic E-state index is 14.2. The summed E-state index contributed by atoms with van der Waals surface area (Å²) in [4.78, 5) is 28.8. The van der Waals surface area contributed by atoms with Gasteiger partial charge in [0.25, 0.3) is 0 Å². The average molecular weight is 572 g/mol. The first kappa shape index (κ1) is 32.7. The van der Waals surface area contributed by atoms with Crippen LogP contribution in [0, 0.1) is 50.2 Å². The molecule has 0 saturated heterocycles. The van der Waals surface area contributed by atoms with Gasteiger partial charge < -0.3 is 15.1 Å². The number of carboxylic acids is 1. The quantitative estimate of drug-likeness (QED) is 0.361. The van der Waals surface area contributed by atoms with Crippen molar-refractivity contribution in [1.29, 1.82) is 0 Å². The highest BCUT2D eigenvalue weighted by atomic mass is 16.4. The summed E-state index contributed by atoms with van der Waals surface area (Å²) in [7, 11) is 0. The Morgan fingerprint density at radius 1 is 0.878 bits per heavy atom. The summed E-state index contributed by atoms with van der Waals surface area (Å²) in [6.45, 7) is 26.0. The molecule has 0 heterocycles. The monoisotopic (exact) mass is 571 g/mol. The van der Waals surface area contributed by atoms with Gasteiger partial charge in [0, 0.05) is 5.92 Å². The van der Waals surface area contributed by atoms with Crippen LogP contribution in [-0.4, -0.2) is 52.6 Å². The molecule has 0 aliphatic heterocycles. The summed E-state index contributed by atoms with van der Waals surface area (Å²) in [6.07, 6.45) is 9.95. The number of aliphatic hydroxyl groups excluding tert-OH is 1. The van der Waals surface area contributed by atoms with Gasteiger partial charge in [0.1, 0.15) is 0 Å². The number of aliphatic hydroxyl groups is 1. The fraction of sp³-hybridized carbons (Fsp3) is 0.889. The van der Waals surface area contributed by atoms with Gasteiger partial charge in [-0.15, -0.1) is 0 Å². The van der Waals surface area contributed by atoms with E-state index in [1.165, 1.54) is 25.2 Å². The van der Waals surface area contributed by atoms with E-state index < -0.39 is 11.4 Å². The van der Waals surface area contributed by atoms with Gasteiger partial charge >= 0.3 is 5.97 Å². The van der Waals surface area contributed by atoms with Gasteiger partial charge in [0.15, 0.2) is 5.78 Å². The number of fused-ring (bicyclic) bond motifs is 7. The molecule has 5 aliphatic rings. The van der Waals surface area contributed by atoms with Gasteiger partial charge in [-0.25, -0.2) is 0 Å². The van der Waals surface area contributed by atoms with Gasteiger partial charge in [0.05, 0.1) is 11.5 Å². The van der Waals surface area contributed by atoms with Crippen LogP contribution >= 0.6 is 0 Å². The van der Waals surface area contributed by atoms with Gasteiger partial charge in [0.2, 0.25) is 0 Å². The first-order valence-corrected chi connectivity index (χ1v) is 16.8. The van der Waals surface area contributed by atoms with Crippen molar-refractivity contribution in [1.82, 2.24) is 4.90 Å². The van der Waals surface area contributed by atoms with Crippen molar-refractivity contribution < 1.29 is 19.8 Å². The first-order chi connectivity index (χ1) is 18.9. The van der Waals surface area contributed by atoms with E-state index >= 15 is 0 Å². The second-order valence-electron chi connectivity index (χ2n) is 16.6. The molecule has 234 valence electrons. The molecule has 0 aromatic heterocycles. The Kier molecular flexibility index (Phi) is 8.58. The van der Waals surface area contributed by atoms with Crippen LogP contribution in [0.3, 0.4) is 0 Å². The molecule has 0 radical (unpaired) electrons. The average Bonchev–Trinajstić information content (AvgIpc) is 2.90. The molecule has 5 nitrogen and oxygen atoms in total. The molecular formula is C36H61NO4. The summed E-state index contributed by atoms with van der Waals surface area (Å²) in [5, 5.41) is 20.9. The Labute approximate surface area is 250 Å². The van der Waals surface area contributed by atoms with Gasteiger partial charge in [-0.3, -0.25) is 9.59 Å². The molecule has 0 aromatic carbocycles. The number of carbonyl (C=O) groups is 2. The molecular weight excluding hydrogens is 510 g/mol. The van der Waals surface area contributed by atoms with E-state index in [4.69, 9.17) is 0 Å². The molecule has 0 spiro atoms. The number of nitrogens with zero attached hydrogens (tertiary/aromatic N) is 1. The standard InChI is InChI=1S/C30H46O4.C6H15N/c1-25(2)21-8-11-30(7)23(28(21,5)10-9-22(25)32)20(31)16-18-19-17-27(4,24(33)34)13-12-26(19,3)14-15-29(18,30)6;1-4-7(5-2)6-3/h16,19,21-23,32H,8-15,17H2,1-7H3,(H,33,34);4-6H2,1-3H3/t19-,21-,22-,23+,26+,27-,28-,29+,30+;/m0./s1. The number of hydrogen-bond donors (Lipinski definition) is 2. The summed E-state index contributed by atoms with van der Waals surface area (Å²) in [5.41, 5.74) is 0.142. The lowest BCUT2D eigenvalue weighted by Crippen LogP contribution is -2.66. The van der Waals surface area contributed by atoms with Gasteiger partial charge in [-0.05, 0) is 129 Å². The fourth-order valence-corrected chi connectivity index (χ4v) is 11.0. The minimum absolute atomic E-state index is 0.0296. The Morgan fingerprint density at radius 3 is 2.00 bits per heavy atom. The lowest BCUT2D eigenvalue weighted by Gasteiger charge is -2.70. The van der Waals surface area contributed by atoms with E-state index in [9.17, 15) is 19.8 Å². The number of aliphatic carboxylic acids is 1. The Bertz CT molecular complexity index is 1060. The van der Waals surface area contributed by atoms with Crippen LogP contribution in [0.2, 0.25) is 0 Å². The molecule has 0 aromatic rings. The zero-order valence-electron chi connectivity index (χ0n) is 28.0. The van der Waals surface area contributed by atoms with Crippen LogP contribution in [0.15, 0.2) is 11.6 Å². The van der Waals surface area contributed by atoms with Crippen molar-refractivity contribution in [2.75, 3.05) is 19.6 Å². The zero-order valence-corrected chi connectivity index (χ0v) is 28.0. The highest BCUT2D eigenvalue weighted by molar-refractivity contribution is 5.95. The maximum atomic E-state index is 14.2. The van der Waals surface area contributed by atoms with Crippen LogP contribution < -0.4 is 0 Å². The summed E-state index contributed by atoms with van der Waals surface area (Å²) < 4.78 is 0. The van der Waals surface area contributed by atoms with E-state index in [2.05, 4.69) is 67.2 Å². The highest BCUT2D eigenvalue weighted by Gasteiger charge is 2.70. The van der Waals surface area contributed by atoms with Gasteiger partial charge in [-0.1, -0.05) is 67.9 Å². The van der Waals surface area contributed by atoms with E-state index in [1.54, 1.807) is 0 Å². The van der Waals surface area contributed by atoms with Crippen LogP contribution in [0.1, 0.15) is 127 Å². The second-order valence-corrected chi connectivity index (χ2v) is 16.6. The number of allylic oxidation sites excluding steroid dienone is 2. The second kappa shape index (κ2) is 10.8. The molecule has 4 saturated carbocycles. The highest BCUT2D eigenvalue weighted by Crippen LogP contribution is 2.75. The molecule has 5 heteroatoms. The van der Waals surface area contributed by atoms with Crippen molar-refractivity contribution in [3.8, 4) is 0 Å². The number of ketones is 1.